The maximum absolute atomic E-state index is 9.86. The molecule has 1 saturated heterocycles. The third kappa shape index (κ3) is 4.31. The fraction of sp³-hybridized carbons (Fsp3) is 0.333. The van der Waals surface area contributed by atoms with E-state index >= 15 is 0 Å². The molecule has 2 aliphatic rings. The normalized spacial score (nSPS) is 21.3. The molecule has 0 aliphatic carbocycles. The van der Waals surface area contributed by atoms with Crippen molar-refractivity contribution in [2.24, 2.45) is 5.16 Å². The first-order chi connectivity index (χ1) is 16.2. The van der Waals surface area contributed by atoms with Crippen molar-refractivity contribution in [2.45, 2.75) is 38.3 Å². The highest BCUT2D eigenvalue weighted by atomic mass is 16.5. The molecule has 1 fully saturated rings. The van der Waals surface area contributed by atoms with Crippen LogP contribution >= 0.6 is 0 Å². The number of aryl methyl sites for hydroxylation is 1. The zero-order valence-electron chi connectivity index (χ0n) is 19.2. The van der Waals surface area contributed by atoms with Crippen molar-refractivity contribution in [1.29, 1.82) is 0 Å². The van der Waals surface area contributed by atoms with Gasteiger partial charge in [-0.15, -0.1) is 0 Å². The number of piperidine rings is 1. The van der Waals surface area contributed by atoms with Crippen molar-refractivity contribution in [2.75, 3.05) is 25.5 Å². The van der Waals surface area contributed by atoms with Gasteiger partial charge >= 0.3 is 0 Å². The Hall–Kier alpha value is -3.38. The fourth-order valence-electron chi connectivity index (χ4n) is 5.15. The quantitative estimate of drug-likeness (QED) is 0.433. The molecule has 2 atom stereocenters. The molecule has 2 aliphatic heterocycles. The lowest BCUT2D eigenvalue weighted by atomic mass is 9.80. The summed E-state index contributed by atoms with van der Waals surface area (Å²) < 4.78 is 5.77. The molecule has 5 rings (SSSR count). The van der Waals surface area contributed by atoms with Crippen LogP contribution in [0.15, 0.2) is 65.9 Å². The average Bonchev–Trinajstić information content (AvgIpc) is 2.86. The predicted octanol–water partition coefficient (Wildman–Crippen LogP) is 4.93. The lowest BCUT2D eigenvalue weighted by Gasteiger charge is -2.44. The summed E-state index contributed by atoms with van der Waals surface area (Å²) in [7, 11) is 1.72. The number of nitrogens with one attached hydrogen (secondary N) is 1. The number of oxime groups is 1. The predicted molar refractivity (Wildman–Crippen MR) is 130 cm³/mol. The van der Waals surface area contributed by atoms with Crippen LogP contribution in [0.3, 0.4) is 0 Å². The molecular formula is C27H30N4O2. The third-order valence-electron chi connectivity index (χ3n) is 6.90. The van der Waals surface area contributed by atoms with Gasteiger partial charge in [0.15, 0.2) is 0 Å². The Kier molecular flexibility index (Phi) is 6.01. The van der Waals surface area contributed by atoms with Crippen LogP contribution in [0.5, 0.6) is 5.75 Å². The minimum atomic E-state index is 0.0152. The number of rotatable bonds is 5. The van der Waals surface area contributed by atoms with E-state index in [1.807, 2.05) is 18.3 Å². The number of ether oxygens (including phenoxy) is 1. The van der Waals surface area contributed by atoms with E-state index < -0.39 is 0 Å². The molecule has 6 nitrogen and oxygen atoms in total. The smallest absolute Gasteiger partial charge is 0.142 e. The lowest BCUT2D eigenvalue weighted by molar-refractivity contribution is 0.165. The van der Waals surface area contributed by atoms with Crippen LogP contribution in [-0.2, 0) is 13.0 Å². The molecule has 0 amide bonds. The molecule has 0 spiro atoms. The summed E-state index contributed by atoms with van der Waals surface area (Å²) in [6.07, 6.45) is 3.51. The van der Waals surface area contributed by atoms with Crippen molar-refractivity contribution in [3.8, 4) is 5.75 Å². The molecule has 2 unspecified atom stereocenters. The van der Waals surface area contributed by atoms with E-state index in [2.05, 4.69) is 69.7 Å². The van der Waals surface area contributed by atoms with E-state index in [0.29, 0.717) is 6.42 Å². The minimum absolute atomic E-state index is 0.0152. The first-order valence-electron chi connectivity index (χ1n) is 11.5. The van der Waals surface area contributed by atoms with Crippen LogP contribution in [-0.4, -0.2) is 41.0 Å². The van der Waals surface area contributed by atoms with Crippen LogP contribution in [0.25, 0.3) is 0 Å². The average molecular weight is 443 g/mol. The van der Waals surface area contributed by atoms with Crippen LogP contribution in [0, 0.1) is 6.92 Å². The Bertz CT molecular complexity index is 1160. The number of nitrogens with zero attached hydrogens (tertiary/aromatic N) is 3. The zero-order chi connectivity index (χ0) is 22.8. The molecule has 3 aromatic rings. The number of fused-ring (bicyclic) bond motifs is 3. The number of aromatic nitrogens is 1. The summed E-state index contributed by atoms with van der Waals surface area (Å²) in [6.45, 7) is 4.59. The van der Waals surface area contributed by atoms with Crippen LogP contribution < -0.4 is 10.1 Å². The van der Waals surface area contributed by atoms with Gasteiger partial charge in [0.2, 0.25) is 0 Å². The molecule has 0 radical (unpaired) electrons. The van der Waals surface area contributed by atoms with Crippen molar-refractivity contribution in [3.63, 3.8) is 0 Å². The van der Waals surface area contributed by atoms with Crippen LogP contribution in [0.2, 0.25) is 0 Å². The molecule has 33 heavy (non-hydrogen) atoms. The van der Waals surface area contributed by atoms with Gasteiger partial charge in [-0.25, -0.2) is 0 Å². The maximum atomic E-state index is 9.86. The molecule has 2 aromatic carbocycles. The maximum Gasteiger partial charge on any atom is 0.142 e. The van der Waals surface area contributed by atoms with Gasteiger partial charge in [-0.05, 0) is 59.9 Å². The monoisotopic (exact) mass is 442 g/mol. The van der Waals surface area contributed by atoms with E-state index in [4.69, 9.17) is 4.74 Å². The van der Waals surface area contributed by atoms with Gasteiger partial charge in [-0.3, -0.25) is 9.88 Å². The highest BCUT2D eigenvalue weighted by Gasteiger charge is 2.38. The Labute approximate surface area is 194 Å². The molecule has 1 aromatic heterocycles. The summed E-state index contributed by atoms with van der Waals surface area (Å²) in [4.78, 5) is 7.08. The van der Waals surface area contributed by atoms with E-state index in [-0.39, 0.29) is 12.0 Å². The molecule has 170 valence electrons. The van der Waals surface area contributed by atoms with E-state index in [0.717, 1.165) is 48.9 Å². The third-order valence-corrected chi connectivity index (χ3v) is 6.90. The van der Waals surface area contributed by atoms with Gasteiger partial charge in [-0.1, -0.05) is 35.5 Å². The van der Waals surface area contributed by atoms with Crippen LogP contribution in [0.1, 0.15) is 46.3 Å². The van der Waals surface area contributed by atoms with Crippen LogP contribution in [0.4, 0.5) is 5.69 Å². The Balaban J connectivity index is 1.41. The van der Waals surface area contributed by atoms with Gasteiger partial charge in [0.05, 0.1) is 30.1 Å². The van der Waals surface area contributed by atoms with Crippen molar-refractivity contribution in [1.82, 2.24) is 9.88 Å². The Morgan fingerprint density at radius 2 is 2.03 bits per heavy atom. The Morgan fingerprint density at radius 1 is 1.18 bits per heavy atom. The number of pyridine rings is 1. The highest BCUT2D eigenvalue weighted by Crippen LogP contribution is 2.43. The van der Waals surface area contributed by atoms with Crippen molar-refractivity contribution in [3.05, 3.63) is 88.7 Å². The summed E-state index contributed by atoms with van der Waals surface area (Å²) >= 11 is 0. The number of hydrogen-bond acceptors (Lipinski definition) is 6. The molecular weight excluding hydrogens is 412 g/mol. The fourth-order valence-corrected chi connectivity index (χ4v) is 5.15. The lowest BCUT2D eigenvalue weighted by Crippen LogP contribution is -2.45. The van der Waals surface area contributed by atoms with Gasteiger partial charge in [0.1, 0.15) is 5.75 Å². The number of anilines is 1. The Morgan fingerprint density at radius 3 is 2.79 bits per heavy atom. The number of hydrogen-bond donors (Lipinski definition) is 2. The summed E-state index contributed by atoms with van der Waals surface area (Å²) in [6, 6.07) is 19.1. The summed E-state index contributed by atoms with van der Waals surface area (Å²) in [5.74, 6) is 0.859. The second-order valence-electron chi connectivity index (χ2n) is 8.96. The second-order valence-corrected chi connectivity index (χ2v) is 8.96. The first kappa shape index (κ1) is 21.5. The number of methoxy groups -OCH3 is 1. The molecule has 6 heteroatoms. The van der Waals surface area contributed by atoms with E-state index in [1.165, 1.54) is 22.3 Å². The summed E-state index contributed by atoms with van der Waals surface area (Å²) in [5, 5.41) is 17.1. The van der Waals surface area contributed by atoms with Gasteiger partial charge < -0.3 is 15.3 Å². The molecule has 3 heterocycles. The molecule has 2 N–H and O–H groups in total. The summed E-state index contributed by atoms with van der Waals surface area (Å²) in [5.41, 5.74) is 7.79. The van der Waals surface area contributed by atoms with Crippen molar-refractivity contribution < 1.29 is 9.94 Å². The molecule has 0 bridgehead atoms. The second kappa shape index (κ2) is 9.24. The largest absolute Gasteiger partial charge is 0.495 e. The first-order valence-corrected chi connectivity index (χ1v) is 11.5. The zero-order valence-corrected chi connectivity index (χ0v) is 19.2. The topological polar surface area (TPSA) is 70.0 Å². The highest BCUT2D eigenvalue weighted by molar-refractivity contribution is 5.92. The molecule has 0 saturated carbocycles. The van der Waals surface area contributed by atoms with Gasteiger partial charge in [0.25, 0.3) is 0 Å². The van der Waals surface area contributed by atoms with Crippen molar-refractivity contribution >= 4 is 11.4 Å². The van der Waals surface area contributed by atoms with E-state index in [9.17, 15) is 5.21 Å². The van der Waals surface area contributed by atoms with Gasteiger partial charge in [-0.2, -0.15) is 0 Å². The number of benzene rings is 2. The van der Waals surface area contributed by atoms with Gasteiger partial charge in [0, 0.05) is 38.3 Å². The standard InChI is InChI=1S/C27H30N4O2/c1-18-8-10-28-23(12-18)22-17-31-11-9-20-13-25(29-16-19-6-4-3-5-7-19)27(33-2)14-21(20)26(31)15-24(22)30-32/h3-8,10,12-14,22,26,29,32H,9,11,15-17H2,1-2H3. The minimum Gasteiger partial charge on any atom is -0.495 e. The SMILES string of the molecule is COc1cc2c(cc1NCc1ccccc1)CCN1CC(c3cc(C)ccn3)C(=NO)CC21. The van der Waals surface area contributed by atoms with E-state index in [1.54, 1.807) is 7.11 Å².